The number of ether oxygens (including phenoxy) is 2. The Morgan fingerprint density at radius 1 is 1.08 bits per heavy atom. The number of aromatic nitrogens is 1. The first-order valence-electron chi connectivity index (χ1n) is 7.33. The van der Waals surface area contributed by atoms with Gasteiger partial charge in [-0.25, -0.2) is 0 Å². The fourth-order valence-corrected chi connectivity index (χ4v) is 1.88. The summed E-state index contributed by atoms with van der Waals surface area (Å²) in [6.45, 7) is 1.52. The summed E-state index contributed by atoms with van der Waals surface area (Å²) in [5, 5.41) is 5.17. The normalized spacial score (nSPS) is 9.92. The molecule has 0 radical (unpaired) electrons. The largest absolute Gasteiger partial charge is 0.497 e. The van der Waals surface area contributed by atoms with E-state index in [1.165, 1.54) is 0 Å². The maximum absolute atomic E-state index is 11.8. The van der Waals surface area contributed by atoms with Gasteiger partial charge in [0.2, 0.25) is 5.91 Å². The Balaban J connectivity index is 1.71. The van der Waals surface area contributed by atoms with Gasteiger partial charge < -0.3 is 20.1 Å². The number of rotatable bonds is 7. The maximum atomic E-state index is 11.8. The van der Waals surface area contributed by atoms with Gasteiger partial charge in [0.05, 0.1) is 13.7 Å². The van der Waals surface area contributed by atoms with Crippen molar-refractivity contribution >= 4 is 17.5 Å². The molecule has 1 heterocycles. The Morgan fingerprint density at radius 3 is 2.46 bits per heavy atom. The number of benzene rings is 1. The molecule has 0 aliphatic heterocycles. The number of nitrogens with zero attached hydrogens (tertiary/aromatic N) is 1. The van der Waals surface area contributed by atoms with E-state index in [-0.39, 0.29) is 25.0 Å². The van der Waals surface area contributed by atoms with E-state index in [4.69, 9.17) is 9.47 Å². The van der Waals surface area contributed by atoms with Crippen molar-refractivity contribution in [3.05, 3.63) is 48.3 Å². The highest BCUT2D eigenvalue weighted by Crippen LogP contribution is 2.16. The number of aryl methyl sites for hydroxylation is 1. The summed E-state index contributed by atoms with van der Waals surface area (Å²) < 4.78 is 10.4. The molecule has 0 bridgehead atoms. The van der Waals surface area contributed by atoms with Crippen LogP contribution < -0.4 is 20.1 Å². The summed E-state index contributed by atoms with van der Waals surface area (Å²) in [4.78, 5) is 27.5. The number of carbonyl (C=O) groups is 2. The molecule has 2 amide bonds. The van der Waals surface area contributed by atoms with Gasteiger partial charge in [0.1, 0.15) is 11.5 Å². The van der Waals surface area contributed by atoms with Crippen LogP contribution in [0.3, 0.4) is 0 Å². The number of amides is 2. The highest BCUT2D eigenvalue weighted by molar-refractivity contribution is 5.94. The van der Waals surface area contributed by atoms with Gasteiger partial charge >= 0.3 is 0 Å². The molecule has 0 unspecified atom stereocenters. The van der Waals surface area contributed by atoms with Crippen molar-refractivity contribution in [3.8, 4) is 11.5 Å². The molecular weight excluding hydrogens is 310 g/mol. The second-order valence-corrected chi connectivity index (χ2v) is 4.98. The second-order valence-electron chi connectivity index (χ2n) is 4.98. The number of methoxy groups -OCH3 is 1. The third-order valence-electron chi connectivity index (χ3n) is 3.06. The van der Waals surface area contributed by atoms with Crippen molar-refractivity contribution in [2.75, 3.05) is 25.6 Å². The van der Waals surface area contributed by atoms with E-state index in [0.717, 1.165) is 5.69 Å². The van der Waals surface area contributed by atoms with Gasteiger partial charge in [-0.2, -0.15) is 0 Å². The molecular formula is C17H19N3O4. The van der Waals surface area contributed by atoms with E-state index in [1.54, 1.807) is 49.7 Å². The molecule has 24 heavy (non-hydrogen) atoms. The van der Waals surface area contributed by atoms with Gasteiger partial charge in [0.25, 0.3) is 5.91 Å². The molecule has 0 saturated heterocycles. The number of nitrogens with one attached hydrogen (secondary N) is 2. The molecule has 0 aliphatic rings. The summed E-state index contributed by atoms with van der Waals surface area (Å²) in [6.07, 6.45) is 1.60. The van der Waals surface area contributed by atoms with Crippen molar-refractivity contribution in [3.63, 3.8) is 0 Å². The summed E-state index contributed by atoms with van der Waals surface area (Å²) in [5.74, 6) is 0.544. The molecule has 0 fully saturated rings. The van der Waals surface area contributed by atoms with Crippen LogP contribution in [0.5, 0.6) is 11.5 Å². The molecule has 2 rings (SSSR count). The molecule has 126 valence electrons. The summed E-state index contributed by atoms with van der Waals surface area (Å²) >= 11 is 0. The van der Waals surface area contributed by atoms with Gasteiger partial charge in [-0.3, -0.25) is 14.6 Å². The predicted molar refractivity (Wildman–Crippen MR) is 89.1 cm³/mol. The Labute approximate surface area is 140 Å². The van der Waals surface area contributed by atoms with E-state index < -0.39 is 0 Å². The third-order valence-corrected chi connectivity index (χ3v) is 3.06. The molecule has 2 aromatic rings. The Morgan fingerprint density at radius 2 is 1.79 bits per heavy atom. The minimum absolute atomic E-state index is 0.133. The van der Waals surface area contributed by atoms with Crippen molar-refractivity contribution in [1.82, 2.24) is 10.3 Å². The lowest BCUT2D eigenvalue weighted by Crippen LogP contribution is -2.35. The van der Waals surface area contributed by atoms with Crippen molar-refractivity contribution in [2.45, 2.75) is 6.92 Å². The van der Waals surface area contributed by atoms with E-state index in [0.29, 0.717) is 17.2 Å². The second kappa shape index (κ2) is 8.52. The van der Waals surface area contributed by atoms with Crippen LogP contribution in [-0.2, 0) is 9.59 Å². The topological polar surface area (TPSA) is 89.5 Å². The van der Waals surface area contributed by atoms with Crippen LogP contribution in [0.1, 0.15) is 5.69 Å². The Hall–Kier alpha value is -3.09. The van der Waals surface area contributed by atoms with Gasteiger partial charge in [-0.1, -0.05) is 0 Å². The zero-order valence-electron chi connectivity index (χ0n) is 13.5. The summed E-state index contributed by atoms with van der Waals surface area (Å²) in [7, 11) is 1.57. The zero-order valence-corrected chi connectivity index (χ0v) is 13.5. The van der Waals surface area contributed by atoms with Gasteiger partial charge in [0.15, 0.2) is 6.61 Å². The van der Waals surface area contributed by atoms with Crippen LogP contribution >= 0.6 is 0 Å². The van der Waals surface area contributed by atoms with Crippen molar-refractivity contribution < 1.29 is 19.1 Å². The first-order chi connectivity index (χ1) is 11.6. The standard InChI is InChI=1S/C17H19N3O4/c1-12-9-13(7-8-18-12)20-16(21)10-19-17(22)11-24-15-5-3-14(23-2)4-6-15/h3-9H,10-11H2,1-2H3,(H,19,22)(H,18,20,21). The number of hydrogen-bond acceptors (Lipinski definition) is 5. The molecule has 1 aromatic heterocycles. The van der Waals surface area contributed by atoms with E-state index >= 15 is 0 Å². The Bertz CT molecular complexity index is 701. The highest BCUT2D eigenvalue weighted by atomic mass is 16.5. The fraction of sp³-hybridized carbons (Fsp3) is 0.235. The van der Waals surface area contributed by atoms with Crippen molar-refractivity contribution in [1.29, 1.82) is 0 Å². The van der Waals surface area contributed by atoms with E-state index in [1.807, 2.05) is 6.92 Å². The lowest BCUT2D eigenvalue weighted by atomic mass is 10.3. The van der Waals surface area contributed by atoms with Crippen molar-refractivity contribution in [2.24, 2.45) is 0 Å². The summed E-state index contributed by atoms with van der Waals surface area (Å²) in [5.41, 5.74) is 1.43. The molecule has 0 saturated carbocycles. The smallest absolute Gasteiger partial charge is 0.258 e. The van der Waals surface area contributed by atoms with Crippen LogP contribution in [-0.4, -0.2) is 37.1 Å². The molecule has 1 aromatic carbocycles. The summed E-state index contributed by atoms with van der Waals surface area (Å²) in [6, 6.07) is 10.3. The highest BCUT2D eigenvalue weighted by Gasteiger charge is 2.07. The predicted octanol–water partition coefficient (Wildman–Crippen LogP) is 1.53. The Kier molecular flexibility index (Phi) is 6.13. The fourth-order valence-electron chi connectivity index (χ4n) is 1.88. The van der Waals surface area contributed by atoms with Crippen LogP contribution in [0.2, 0.25) is 0 Å². The number of anilines is 1. The molecule has 2 N–H and O–H groups in total. The average Bonchev–Trinajstić information content (AvgIpc) is 2.58. The first kappa shape index (κ1) is 17.3. The lowest BCUT2D eigenvalue weighted by Gasteiger charge is -2.09. The molecule has 0 spiro atoms. The van der Waals surface area contributed by atoms with Crippen LogP contribution in [0.4, 0.5) is 5.69 Å². The van der Waals surface area contributed by atoms with Crippen LogP contribution in [0, 0.1) is 6.92 Å². The minimum Gasteiger partial charge on any atom is -0.497 e. The van der Waals surface area contributed by atoms with Gasteiger partial charge in [-0.15, -0.1) is 0 Å². The number of hydrogen-bond donors (Lipinski definition) is 2. The zero-order chi connectivity index (χ0) is 17.4. The van der Waals surface area contributed by atoms with E-state index in [2.05, 4.69) is 15.6 Å². The average molecular weight is 329 g/mol. The quantitative estimate of drug-likeness (QED) is 0.804. The number of carbonyl (C=O) groups excluding carboxylic acids is 2. The molecule has 7 nitrogen and oxygen atoms in total. The van der Waals surface area contributed by atoms with Gasteiger partial charge in [0, 0.05) is 17.6 Å². The number of pyridine rings is 1. The van der Waals surface area contributed by atoms with E-state index in [9.17, 15) is 9.59 Å². The van der Waals surface area contributed by atoms with Gasteiger partial charge in [-0.05, 0) is 43.3 Å². The molecule has 0 aliphatic carbocycles. The first-order valence-corrected chi connectivity index (χ1v) is 7.33. The molecule has 7 heteroatoms. The van der Waals surface area contributed by atoms with Crippen LogP contribution in [0.25, 0.3) is 0 Å². The SMILES string of the molecule is COc1ccc(OCC(=O)NCC(=O)Nc2ccnc(C)c2)cc1. The monoisotopic (exact) mass is 329 g/mol. The third kappa shape index (κ3) is 5.60. The maximum Gasteiger partial charge on any atom is 0.258 e. The van der Waals surface area contributed by atoms with Crippen LogP contribution in [0.15, 0.2) is 42.6 Å². The minimum atomic E-state index is -0.383. The lowest BCUT2D eigenvalue weighted by molar-refractivity contribution is -0.125. The molecule has 0 atom stereocenters.